The van der Waals surface area contributed by atoms with Crippen molar-refractivity contribution in [3.05, 3.63) is 26.6 Å². The quantitative estimate of drug-likeness (QED) is 0.580. The van der Waals surface area contributed by atoms with Crippen LogP contribution in [0.15, 0.2) is 21.1 Å². The van der Waals surface area contributed by atoms with Gasteiger partial charge in [-0.1, -0.05) is 0 Å². The predicted molar refractivity (Wildman–Crippen MR) is 82.4 cm³/mol. The molecule has 0 bridgehead atoms. The first-order valence-electron chi connectivity index (χ1n) is 5.68. The number of benzene rings is 1. The molecule has 0 heterocycles. The van der Waals surface area contributed by atoms with Gasteiger partial charge in [-0.25, -0.2) is 9.59 Å². The van der Waals surface area contributed by atoms with Crippen molar-refractivity contribution in [3.63, 3.8) is 0 Å². The van der Waals surface area contributed by atoms with Gasteiger partial charge in [0.2, 0.25) is 0 Å². The number of urea groups is 1. The SMILES string of the molecule is Cc1cc(Br)c(NC(=O)NC(CC(=O)O)C(=O)O)c(Br)c1. The second-order valence-electron chi connectivity index (χ2n) is 4.19. The van der Waals surface area contributed by atoms with Crippen LogP contribution in [0, 0.1) is 6.92 Å². The fourth-order valence-corrected chi connectivity index (χ4v) is 3.12. The van der Waals surface area contributed by atoms with E-state index < -0.39 is 30.4 Å². The number of hydrogen-bond acceptors (Lipinski definition) is 3. The molecule has 21 heavy (non-hydrogen) atoms. The van der Waals surface area contributed by atoms with E-state index in [2.05, 4.69) is 42.5 Å². The maximum absolute atomic E-state index is 11.8. The summed E-state index contributed by atoms with van der Waals surface area (Å²) in [6, 6.07) is 1.22. The highest BCUT2D eigenvalue weighted by Crippen LogP contribution is 2.32. The molecule has 4 N–H and O–H groups in total. The second kappa shape index (κ2) is 7.41. The Balaban J connectivity index is 2.82. The van der Waals surface area contributed by atoms with Gasteiger partial charge in [0.15, 0.2) is 0 Å². The van der Waals surface area contributed by atoms with Gasteiger partial charge in [0.1, 0.15) is 6.04 Å². The molecule has 1 unspecified atom stereocenters. The minimum Gasteiger partial charge on any atom is -0.481 e. The molecule has 9 heteroatoms. The van der Waals surface area contributed by atoms with Crippen LogP contribution in [-0.2, 0) is 9.59 Å². The molecule has 2 amide bonds. The normalized spacial score (nSPS) is 11.6. The number of anilines is 1. The Hall–Kier alpha value is -1.61. The molecule has 1 rings (SSSR count). The van der Waals surface area contributed by atoms with E-state index in [1.165, 1.54) is 0 Å². The van der Waals surface area contributed by atoms with Gasteiger partial charge in [0.25, 0.3) is 0 Å². The van der Waals surface area contributed by atoms with Gasteiger partial charge in [-0.15, -0.1) is 0 Å². The standard InChI is InChI=1S/C12H12Br2N2O5/c1-5-2-6(13)10(7(14)3-5)16-12(21)15-8(11(19)20)4-9(17)18/h2-3,8H,4H2,1H3,(H,17,18)(H,19,20)(H2,15,16,21). The Bertz CT molecular complexity index is 568. The zero-order valence-corrected chi connectivity index (χ0v) is 14.0. The molecule has 0 radical (unpaired) electrons. The van der Waals surface area contributed by atoms with E-state index in [1.807, 2.05) is 6.92 Å². The highest BCUT2D eigenvalue weighted by Gasteiger charge is 2.23. The Morgan fingerprint density at radius 1 is 1.19 bits per heavy atom. The molecular weight excluding hydrogens is 412 g/mol. The zero-order valence-electron chi connectivity index (χ0n) is 10.8. The predicted octanol–water partition coefficient (Wildman–Crippen LogP) is 2.57. The first kappa shape index (κ1) is 17.4. The van der Waals surface area contributed by atoms with Crippen molar-refractivity contribution in [2.45, 2.75) is 19.4 Å². The average Bonchev–Trinajstić information content (AvgIpc) is 2.32. The van der Waals surface area contributed by atoms with Gasteiger partial charge in [-0.3, -0.25) is 4.79 Å². The monoisotopic (exact) mass is 422 g/mol. The van der Waals surface area contributed by atoms with Gasteiger partial charge in [-0.2, -0.15) is 0 Å². The van der Waals surface area contributed by atoms with Crippen LogP contribution in [0.5, 0.6) is 0 Å². The van der Waals surface area contributed by atoms with Gasteiger partial charge in [0.05, 0.1) is 12.1 Å². The zero-order chi connectivity index (χ0) is 16.2. The number of carboxylic acid groups (broad SMARTS) is 2. The van der Waals surface area contributed by atoms with Crippen LogP contribution in [0.2, 0.25) is 0 Å². The third-order valence-electron chi connectivity index (χ3n) is 2.41. The number of aryl methyl sites for hydroxylation is 1. The van der Waals surface area contributed by atoms with Crippen molar-refractivity contribution >= 4 is 55.5 Å². The summed E-state index contributed by atoms with van der Waals surface area (Å²) in [5.41, 5.74) is 1.37. The van der Waals surface area contributed by atoms with Crippen molar-refractivity contribution in [1.82, 2.24) is 5.32 Å². The summed E-state index contributed by atoms with van der Waals surface area (Å²) in [5.74, 6) is -2.74. The number of carbonyl (C=O) groups excluding carboxylic acids is 1. The van der Waals surface area contributed by atoms with Crippen LogP contribution >= 0.6 is 31.9 Å². The number of carbonyl (C=O) groups is 3. The summed E-state index contributed by atoms with van der Waals surface area (Å²) in [4.78, 5) is 33.2. The molecule has 1 aromatic rings. The first-order valence-corrected chi connectivity index (χ1v) is 7.27. The van der Waals surface area contributed by atoms with Crippen molar-refractivity contribution < 1.29 is 24.6 Å². The minimum absolute atomic E-state index is 0.414. The highest BCUT2D eigenvalue weighted by atomic mass is 79.9. The number of halogens is 2. The Morgan fingerprint density at radius 3 is 2.14 bits per heavy atom. The molecule has 0 aliphatic heterocycles. The summed E-state index contributed by atoms with van der Waals surface area (Å²) in [5, 5.41) is 22.0. The average molecular weight is 424 g/mol. The van der Waals surface area contributed by atoms with E-state index in [9.17, 15) is 14.4 Å². The Kier molecular flexibility index (Phi) is 6.16. The molecule has 1 aromatic carbocycles. The second-order valence-corrected chi connectivity index (χ2v) is 5.90. The summed E-state index contributed by atoms with van der Waals surface area (Å²) in [6.07, 6.45) is -0.709. The molecule has 0 aliphatic rings. The summed E-state index contributed by atoms with van der Waals surface area (Å²) < 4.78 is 1.21. The molecule has 7 nitrogen and oxygen atoms in total. The number of rotatable bonds is 5. The van der Waals surface area contributed by atoms with Gasteiger partial charge < -0.3 is 20.8 Å². The maximum Gasteiger partial charge on any atom is 0.326 e. The van der Waals surface area contributed by atoms with Crippen molar-refractivity contribution in [2.24, 2.45) is 0 Å². The van der Waals surface area contributed by atoms with E-state index in [0.29, 0.717) is 14.6 Å². The van der Waals surface area contributed by atoms with Crippen molar-refractivity contribution in [2.75, 3.05) is 5.32 Å². The van der Waals surface area contributed by atoms with E-state index in [-0.39, 0.29) is 0 Å². The first-order chi connectivity index (χ1) is 9.70. The van der Waals surface area contributed by atoms with Crippen LogP contribution < -0.4 is 10.6 Å². The number of aliphatic carboxylic acids is 2. The van der Waals surface area contributed by atoms with Crippen LogP contribution in [0.4, 0.5) is 10.5 Å². The van der Waals surface area contributed by atoms with Gasteiger partial charge in [0, 0.05) is 8.95 Å². The number of nitrogens with one attached hydrogen (secondary N) is 2. The van der Waals surface area contributed by atoms with Crippen LogP contribution in [0.1, 0.15) is 12.0 Å². The third-order valence-corrected chi connectivity index (χ3v) is 3.66. The van der Waals surface area contributed by atoms with E-state index >= 15 is 0 Å². The molecule has 0 saturated heterocycles. The smallest absolute Gasteiger partial charge is 0.326 e. The van der Waals surface area contributed by atoms with E-state index in [0.717, 1.165) is 5.56 Å². The van der Waals surface area contributed by atoms with Gasteiger partial charge in [-0.05, 0) is 56.5 Å². The fraction of sp³-hybridized carbons (Fsp3) is 0.250. The fourth-order valence-electron chi connectivity index (χ4n) is 1.50. The topological polar surface area (TPSA) is 116 Å². The lowest BCUT2D eigenvalue weighted by molar-refractivity contribution is -0.145. The molecule has 0 spiro atoms. The van der Waals surface area contributed by atoms with Crippen molar-refractivity contribution in [1.29, 1.82) is 0 Å². The number of amides is 2. The van der Waals surface area contributed by atoms with Crippen molar-refractivity contribution in [3.8, 4) is 0 Å². The maximum atomic E-state index is 11.8. The molecule has 1 atom stereocenters. The number of carboxylic acids is 2. The molecule has 0 saturated carbocycles. The Morgan fingerprint density at radius 2 is 1.71 bits per heavy atom. The lowest BCUT2D eigenvalue weighted by Crippen LogP contribution is -2.44. The van der Waals surface area contributed by atoms with Gasteiger partial charge >= 0.3 is 18.0 Å². The third kappa shape index (κ3) is 5.35. The molecule has 0 fully saturated rings. The molecule has 0 aromatic heterocycles. The molecular formula is C12H12Br2N2O5. The largest absolute Gasteiger partial charge is 0.481 e. The minimum atomic E-state index is -1.51. The van der Waals surface area contributed by atoms with Crippen LogP contribution in [0.25, 0.3) is 0 Å². The summed E-state index contributed by atoms with van der Waals surface area (Å²) in [7, 11) is 0. The molecule has 0 aliphatic carbocycles. The van der Waals surface area contributed by atoms with Crippen LogP contribution in [0.3, 0.4) is 0 Å². The summed E-state index contributed by atoms with van der Waals surface area (Å²) in [6.45, 7) is 1.87. The number of hydrogen-bond donors (Lipinski definition) is 4. The molecule has 114 valence electrons. The Labute approximate surface area is 137 Å². The van der Waals surface area contributed by atoms with E-state index in [4.69, 9.17) is 10.2 Å². The van der Waals surface area contributed by atoms with Crippen LogP contribution in [-0.4, -0.2) is 34.2 Å². The van der Waals surface area contributed by atoms with E-state index in [1.54, 1.807) is 12.1 Å². The lowest BCUT2D eigenvalue weighted by Gasteiger charge is -2.15. The highest BCUT2D eigenvalue weighted by molar-refractivity contribution is 9.11. The summed E-state index contributed by atoms with van der Waals surface area (Å²) >= 11 is 6.56. The lowest BCUT2D eigenvalue weighted by atomic mass is 10.2.